The SMILES string of the molecule is CC(C)OC(=O)CC(NC(=O)CSc1ccc2c(c1)OCCO2)c1ccccc1. The van der Waals surface area contributed by atoms with E-state index in [0.29, 0.717) is 19.0 Å². The molecule has 2 aromatic carbocycles. The Balaban J connectivity index is 1.59. The van der Waals surface area contributed by atoms with Crippen LogP contribution in [0.3, 0.4) is 0 Å². The molecule has 154 valence electrons. The van der Waals surface area contributed by atoms with Crippen molar-refractivity contribution in [2.24, 2.45) is 0 Å². The predicted molar refractivity (Wildman–Crippen MR) is 111 cm³/mol. The third-order valence-electron chi connectivity index (χ3n) is 4.16. The summed E-state index contributed by atoms with van der Waals surface area (Å²) in [6, 6.07) is 14.6. The van der Waals surface area contributed by atoms with Gasteiger partial charge in [-0.25, -0.2) is 0 Å². The highest BCUT2D eigenvalue weighted by molar-refractivity contribution is 8.00. The summed E-state index contributed by atoms with van der Waals surface area (Å²) in [5.41, 5.74) is 0.867. The average molecular weight is 416 g/mol. The minimum Gasteiger partial charge on any atom is -0.486 e. The molecule has 1 N–H and O–H groups in total. The van der Waals surface area contributed by atoms with E-state index < -0.39 is 6.04 Å². The lowest BCUT2D eigenvalue weighted by Gasteiger charge is -2.20. The monoisotopic (exact) mass is 415 g/mol. The van der Waals surface area contributed by atoms with Crippen molar-refractivity contribution >= 4 is 23.6 Å². The topological polar surface area (TPSA) is 73.9 Å². The Morgan fingerprint density at radius 3 is 2.52 bits per heavy atom. The van der Waals surface area contributed by atoms with E-state index in [4.69, 9.17) is 14.2 Å². The second-order valence-electron chi connectivity index (χ2n) is 6.87. The fourth-order valence-electron chi connectivity index (χ4n) is 2.91. The number of carbonyl (C=O) groups excluding carboxylic acids is 2. The summed E-state index contributed by atoms with van der Waals surface area (Å²) in [6.07, 6.45) is -0.108. The summed E-state index contributed by atoms with van der Waals surface area (Å²) in [4.78, 5) is 25.6. The zero-order valence-electron chi connectivity index (χ0n) is 16.6. The number of fused-ring (bicyclic) bond motifs is 1. The Labute approximate surface area is 174 Å². The molecule has 2 aromatic rings. The summed E-state index contributed by atoms with van der Waals surface area (Å²) in [7, 11) is 0. The van der Waals surface area contributed by atoms with E-state index in [1.807, 2.05) is 48.5 Å². The van der Waals surface area contributed by atoms with Gasteiger partial charge in [0.05, 0.1) is 24.3 Å². The van der Waals surface area contributed by atoms with Crippen molar-refractivity contribution in [2.45, 2.75) is 37.3 Å². The fraction of sp³-hybridized carbons (Fsp3) is 0.364. The first-order chi connectivity index (χ1) is 14.0. The van der Waals surface area contributed by atoms with Gasteiger partial charge in [-0.1, -0.05) is 30.3 Å². The fourth-order valence-corrected chi connectivity index (χ4v) is 3.65. The third kappa shape index (κ3) is 6.42. The van der Waals surface area contributed by atoms with Crippen LogP contribution in [0.5, 0.6) is 11.5 Å². The van der Waals surface area contributed by atoms with Crippen LogP contribution in [0.25, 0.3) is 0 Å². The molecule has 7 heteroatoms. The highest BCUT2D eigenvalue weighted by Gasteiger charge is 2.20. The number of hydrogen-bond acceptors (Lipinski definition) is 6. The molecule has 0 bridgehead atoms. The number of rotatable bonds is 8. The van der Waals surface area contributed by atoms with Gasteiger partial charge in [-0.2, -0.15) is 0 Å². The molecule has 3 rings (SSSR count). The van der Waals surface area contributed by atoms with E-state index in [2.05, 4.69) is 5.32 Å². The zero-order chi connectivity index (χ0) is 20.6. The average Bonchev–Trinajstić information content (AvgIpc) is 2.71. The minimum atomic E-state index is -0.434. The van der Waals surface area contributed by atoms with E-state index in [-0.39, 0.29) is 30.2 Å². The van der Waals surface area contributed by atoms with Crippen LogP contribution in [-0.2, 0) is 14.3 Å². The van der Waals surface area contributed by atoms with Gasteiger partial charge in [0.25, 0.3) is 0 Å². The highest BCUT2D eigenvalue weighted by atomic mass is 32.2. The Hall–Kier alpha value is -2.67. The van der Waals surface area contributed by atoms with Crippen molar-refractivity contribution in [3.05, 3.63) is 54.1 Å². The predicted octanol–water partition coefficient (Wildman–Crippen LogP) is 3.75. The van der Waals surface area contributed by atoms with Crippen LogP contribution < -0.4 is 14.8 Å². The van der Waals surface area contributed by atoms with Crippen LogP contribution in [0.2, 0.25) is 0 Å². The molecule has 0 aliphatic carbocycles. The summed E-state index contributed by atoms with van der Waals surface area (Å²) in [6.45, 7) is 4.67. The lowest BCUT2D eigenvalue weighted by molar-refractivity contribution is -0.148. The summed E-state index contributed by atoms with van der Waals surface area (Å²) in [5.74, 6) is 1.14. The molecule has 1 atom stereocenters. The molecule has 0 saturated carbocycles. The molecular formula is C22H25NO5S. The van der Waals surface area contributed by atoms with Gasteiger partial charge >= 0.3 is 5.97 Å². The molecule has 1 unspecified atom stereocenters. The van der Waals surface area contributed by atoms with Crippen LogP contribution in [0.4, 0.5) is 0 Å². The number of hydrogen-bond donors (Lipinski definition) is 1. The van der Waals surface area contributed by atoms with Crippen molar-refractivity contribution in [3.8, 4) is 11.5 Å². The second kappa shape index (κ2) is 10.2. The maximum Gasteiger partial charge on any atom is 0.308 e. The molecule has 0 aromatic heterocycles. The standard InChI is InChI=1S/C22H25NO5S/c1-15(2)28-22(25)13-18(16-6-4-3-5-7-16)23-21(24)14-29-17-8-9-19-20(12-17)27-11-10-26-19/h3-9,12,15,18H,10-11,13-14H2,1-2H3,(H,23,24). The molecule has 6 nitrogen and oxygen atoms in total. The number of nitrogens with one attached hydrogen (secondary N) is 1. The lowest BCUT2D eigenvalue weighted by atomic mass is 10.0. The van der Waals surface area contributed by atoms with Gasteiger partial charge in [0, 0.05) is 4.90 Å². The number of esters is 1. The number of amides is 1. The van der Waals surface area contributed by atoms with Crippen molar-refractivity contribution in [3.63, 3.8) is 0 Å². The molecule has 1 amide bonds. The molecule has 29 heavy (non-hydrogen) atoms. The van der Waals surface area contributed by atoms with Gasteiger partial charge in [-0.15, -0.1) is 11.8 Å². The van der Waals surface area contributed by atoms with Crippen LogP contribution in [0.1, 0.15) is 31.9 Å². The summed E-state index contributed by atoms with van der Waals surface area (Å²) in [5, 5.41) is 2.95. The van der Waals surface area contributed by atoms with Crippen molar-refractivity contribution in [1.82, 2.24) is 5.32 Å². The molecule has 1 aliphatic heterocycles. The van der Waals surface area contributed by atoms with Gasteiger partial charge in [0.15, 0.2) is 11.5 Å². The van der Waals surface area contributed by atoms with Crippen molar-refractivity contribution in [2.75, 3.05) is 19.0 Å². The zero-order valence-corrected chi connectivity index (χ0v) is 17.4. The van der Waals surface area contributed by atoms with Gasteiger partial charge < -0.3 is 19.5 Å². The Kier molecular flexibility index (Phi) is 7.41. The van der Waals surface area contributed by atoms with Crippen LogP contribution in [0.15, 0.2) is 53.4 Å². The summed E-state index contributed by atoms with van der Waals surface area (Å²) < 4.78 is 16.3. The molecule has 1 aliphatic rings. The van der Waals surface area contributed by atoms with Crippen LogP contribution in [0, 0.1) is 0 Å². The van der Waals surface area contributed by atoms with Gasteiger partial charge in [-0.05, 0) is 37.6 Å². The first-order valence-corrected chi connectivity index (χ1v) is 10.6. The molecule has 0 fully saturated rings. The third-order valence-corrected chi connectivity index (χ3v) is 5.15. The smallest absolute Gasteiger partial charge is 0.308 e. The molecule has 1 heterocycles. The van der Waals surface area contributed by atoms with E-state index >= 15 is 0 Å². The Morgan fingerprint density at radius 2 is 1.79 bits per heavy atom. The van der Waals surface area contributed by atoms with E-state index in [1.165, 1.54) is 11.8 Å². The molecule has 0 saturated heterocycles. The first-order valence-electron chi connectivity index (χ1n) is 9.57. The Morgan fingerprint density at radius 1 is 1.07 bits per heavy atom. The quantitative estimate of drug-likeness (QED) is 0.523. The lowest BCUT2D eigenvalue weighted by Crippen LogP contribution is -2.32. The van der Waals surface area contributed by atoms with Crippen molar-refractivity contribution < 1.29 is 23.8 Å². The van der Waals surface area contributed by atoms with Gasteiger partial charge in [0.2, 0.25) is 5.91 Å². The number of ether oxygens (including phenoxy) is 3. The van der Waals surface area contributed by atoms with Crippen LogP contribution >= 0.6 is 11.8 Å². The van der Waals surface area contributed by atoms with Gasteiger partial charge in [0.1, 0.15) is 13.2 Å². The summed E-state index contributed by atoms with van der Waals surface area (Å²) >= 11 is 1.40. The maximum absolute atomic E-state index is 12.6. The largest absolute Gasteiger partial charge is 0.486 e. The van der Waals surface area contributed by atoms with Gasteiger partial charge in [-0.3, -0.25) is 9.59 Å². The van der Waals surface area contributed by atoms with E-state index in [9.17, 15) is 9.59 Å². The molecular weight excluding hydrogens is 390 g/mol. The van der Waals surface area contributed by atoms with Crippen molar-refractivity contribution in [1.29, 1.82) is 0 Å². The Bertz CT molecular complexity index is 840. The number of carbonyl (C=O) groups is 2. The number of thioether (sulfide) groups is 1. The maximum atomic E-state index is 12.6. The normalized spacial score (nSPS) is 13.6. The molecule has 0 radical (unpaired) electrons. The highest BCUT2D eigenvalue weighted by Crippen LogP contribution is 2.34. The van der Waals surface area contributed by atoms with E-state index in [1.54, 1.807) is 13.8 Å². The second-order valence-corrected chi connectivity index (χ2v) is 7.92. The molecule has 0 spiro atoms. The van der Waals surface area contributed by atoms with Crippen LogP contribution in [-0.4, -0.2) is 36.9 Å². The first kappa shape index (κ1) is 21.0. The van der Waals surface area contributed by atoms with E-state index in [0.717, 1.165) is 16.2 Å². The number of benzene rings is 2. The minimum absolute atomic E-state index is 0.0859.